The SMILES string of the molecule is O=C(CNC(=O)c1c[nH]cc1-c1ccc(Cl)s1)OCc1ccccc1. The van der Waals surface area contributed by atoms with Crippen LogP contribution in [0, 0.1) is 0 Å². The van der Waals surface area contributed by atoms with Crippen LogP contribution in [0.3, 0.4) is 0 Å². The Balaban J connectivity index is 1.55. The van der Waals surface area contributed by atoms with E-state index >= 15 is 0 Å². The summed E-state index contributed by atoms with van der Waals surface area (Å²) < 4.78 is 5.78. The first-order chi connectivity index (χ1) is 12.1. The van der Waals surface area contributed by atoms with Crippen LogP contribution in [0.15, 0.2) is 54.9 Å². The summed E-state index contributed by atoms with van der Waals surface area (Å²) in [5.74, 6) is -0.842. The summed E-state index contributed by atoms with van der Waals surface area (Å²) in [6, 6.07) is 13.0. The van der Waals surface area contributed by atoms with Gasteiger partial charge in [-0.3, -0.25) is 9.59 Å². The molecule has 0 saturated heterocycles. The number of carbonyl (C=O) groups excluding carboxylic acids is 2. The molecule has 0 radical (unpaired) electrons. The molecule has 3 aromatic rings. The third kappa shape index (κ3) is 4.49. The van der Waals surface area contributed by atoms with E-state index in [4.69, 9.17) is 16.3 Å². The average Bonchev–Trinajstić information content (AvgIpc) is 3.27. The predicted octanol–water partition coefficient (Wildman–Crippen LogP) is 3.87. The third-order valence-corrected chi connectivity index (χ3v) is 4.73. The number of benzene rings is 1. The first kappa shape index (κ1) is 17.3. The number of H-pyrrole nitrogens is 1. The van der Waals surface area contributed by atoms with E-state index in [1.54, 1.807) is 18.5 Å². The van der Waals surface area contributed by atoms with E-state index < -0.39 is 5.97 Å². The lowest BCUT2D eigenvalue weighted by Gasteiger charge is -2.07. The summed E-state index contributed by atoms with van der Waals surface area (Å²) in [4.78, 5) is 27.9. The van der Waals surface area contributed by atoms with E-state index in [1.807, 2.05) is 36.4 Å². The molecule has 0 unspecified atom stereocenters. The van der Waals surface area contributed by atoms with E-state index in [0.717, 1.165) is 16.0 Å². The lowest BCUT2D eigenvalue weighted by molar-refractivity contribution is -0.143. The Bertz CT molecular complexity index is 873. The van der Waals surface area contributed by atoms with Gasteiger partial charge in [0.1, 0.15) is 13.2 Å². The van der Waals surface area contributed by atoms with Gasteiger partial charge in [0.05, 0.1) is 9.90 Å². The Hall–Kier alpha value is -2.57. The molecule has 0 bridgehead atoms. The maximum atomic E-state index is 12.3. The monoisotopic (exact) mass is 374 g/mol. The van der Waals surface area contributed by atoms with Crippen molar-refractivity contribution in [3.63, 3.8) is 0 Å². The minimum Gasteiger partial charge on any atom is -0.460 e. The van der Waals surface area contributed by atoms with Crippen LogP contribution < -0.4 is 5.32 Å². The zero-order valence-corrected chi connectivity index (χ0v) is 14.7. The van der Waals surface area contributed by atoms with Crippen LogP contribution in [-0.2, 0) is 16.1 Å². The molecule has 3 rings (SSSR count). The molecular weight excluding hydrogens is 360 g/mol. The molecule has 1 amide bonds. The van der Waals surface area contributed by atoms with Gasteiger partial charge in [-0.25, -0.2) is 0 Å². The summed E-state index contributed by atoms with van der Waals surface area (Å²) >= 11 is 7.32. The Morgan fingerprint density at radius 2 is 1.92 bits per heavy atom. The zero-order valence-electron chi connectivity index (χ0n) is 13.1. The number of halogens is 1. The molecule has 0 aliphatic heterocycles. The molecule has 7 heteroatoms. The molecule has 0 atom stereocenters. The van der Waals surface area contributed by atoms with Gasteiger partial charge in [0.15, 0.2) is 0 Å². The minimum atomic E-state index is -0.492. The summed E-state index contributed by atoms with van der Waals surface area (Å²) in [6.45, 7) is -0.0138. The number of thiophene rings is 1. The molecule has 0 spiro atoms. The summed E-state index contributed by atoms with van der Waals surface area (Å²) in [5, 5.41) is 2.58. The zero-order chi connectivity index (χ0) is 17.6. The van der Waals surface area contributed by atoms with Gasteiger partial charge in [0, 0.05) is 22.8 Å². The molecule has 2 heterocycles. The highest BCUT2D eigenvalue weighted by atomic mass is 35.5. The number of aromatic nitrogens is 1. The molecule has 2 aromatic heterocycles. The third-order valence-electron chi connectivity index (χ3n) is 3.46. The lowest BCUT2D eigenvalue weighted by atomic mass is 10.1. The Labute approximate surface area is 153 Å². The predicted molar refractivity (Wildman–Crippen MR) is 97.7 cm³/mol. The molecule has 0 aliphatic carbocycles. The van der Waals surface area contributed by atoms with Gasteiger partial charge in [-0.15, -0.1) is 11.3 Å². The smallest absolute Gasteiger partial charge is 0.325 e. The fraction of sp³-hybridized carbons (Fsp3) is 0.111. The molecule has 128 valence electrons. The highest BCUT2D eigenvalue weighted by Crippen LogP contribution is 2.32. The second-order valence-corrected chi connectivity index (χ2v) is 6.93. The highest BCUT2D eigenvalue weighted by molar-refractivity contribution is 7.19. The highest BCUT2D eigenvalue weighted by Gasteiger charge is 2.16. The molecule has 25 heavy (non-hydrogen) atoms. The van der Waals surface area contributed by atoms with Crippen molar-refractivity contribution < 1.29 is 14.3 Å². The number of hydrogen-bond acceptors (Lipinski definition) is 4. The number of ether oxygens (including phenoxy) is 1. The number of nitrogens with one attached hydrogen (secondary N) is 2. The van der Waals surface area contributed by atoms with Gasteiger partial charge in [0.25, 0.3) is 5.91 Å². The molecule has 0 fully saturated rings. The summed E-state index contributed by atoms with van der Waals surface area (Å²) in [5.41, 5.74) is 2.09. The lowest BCUT2D eigenvalue weighted by Crippen LogP contribution is -2.30. The van der Waals surface area contributed by atoms with Crippen LogP contribution in [-0.4, -0.2) is 23.4 Å². The van der Waals surface area contributed by atoms with Crippen molar-refractivity contribution in [2.24, 2.45) is 0 Å². The van der Waals surface area contributed by atoms with Gasteiger partial charge in [-0.1, -0.05) is 41.9 Å². The number of amides is 1. The number of rotatable bonds is 6. The van der Waals surface area contributed by atoms with Crippen molar-refractivity contribution in [3.05, 3.63) is 70.3 Å². The van der Waals surface area contributed by atoms with Crippen LogP contribution in [0.2, 0.25) is 4.34 Å². The number of carbonyl (C=O) groups is 2. The van der Waals surface area contributed by atoms with Crippen molar-refractivity contribution in [1.82, 2.24) is 10.3 Å². The van der Waals surface area contributed by atoms with E-state index in [0.29, 0.717) is 9.90 Å². The first-order valence-electron chi connectivity index (χ1n) is 7.54. The van der Waals surface area contributed by atoms with Crippen molar-refractivity contribution in [2.75, 3.05) is 6.54 Å². The minimum absolute atomic E-state index is 0.179. The summed E-state index contributed by atoms with van der Waals surface area (Å²) in [6.07, 6.45) is 3.32. The average molecular weight is 375 g/mol. The van der Waals surface area contributed by atoms with E-state index in [-0.39, 0.29) is 19.1 Å². The van der Waals surface area contributed by atoms with Gasteiger partial charge in [-0.2, -0.15) is 0 Å². The van der Waals surface area contributed by atoms with Gasteiger partial charge in [0.2, 0.25) is 0 Å². The van der Waals surface area contributed by atoms with E-state index in [1.165, 1.54) is 11.3 Å². The molecule has 1 aromatic carbocycles. The normalized spacial score (nSPS) is 10.4. The fourth-order valence-corrected chi connectivity index (χ4v) is 3.32. The molecule has 0 aliphatic rings. The Morgan fingerprint density at radius 1 is 1.12 bits per heavy atom. The van der Waals surface area contributed by atoms with Crippen LogP contribution in [0.4, 0.5) is 0 Å². The van der Waals surface area contributed by atoms with Crippen LogP contribution in [0.1, 0.15) is 15.9 Å². The molecular formula is C18H15ClN2O3S. The maximum absolute atomic E-state index is 12.3. The first-order valence-corrected chi connectivity index (χ1v) is 8.73. The van der Waals surface area contributed by atoms with Crippen LogP contribution in [0.5, 0.6) is 0 Å². The van der Waals surface area contributed by atoms with E-state index in [2.05, 4.69) is 10.3 Å². The molecule has 2 N–H and O–H groups in total. The van der Waals surface area contributed by atoms with Gasteiger partial charge >= 0.3 is 5.97 Å². The van der Waals surface area contributed by atoms with Crippen molar-refractivity contribution in [3.8, 4) is 10.4 Å². The topological polar surface area (TPSA) is 71.2 Å². The summed E-state index contributed by atoms with van der Waals surface area (Å²) in [7, 11) is 0. The second kappa shape index (κ2) is 8.00. The van der Waals surface area contributed by atoms with Crippen molar-refractivity contribution in [1.29, 1.82) is 0 Å². The van der Waals surface area contributed by atoms with Gasteiger partial charge < -0.3 is 15.0 Å². The van der Waals surface area contributed by atoms with Crippen LogP contribution in [0.25, 0.3) is 10.4 Å². The second-order valence-electron chi connectivity index (χ2n) is 5.22. The van der Waals surface area contributed by atoms with Gasteiger partial charge in [-0.05, 0) is 17.7 Å². The largest absolute Gasteiger partial charge is 0.460 e. The molecule has 0 saturated carbocycles. The maximum Gasteiger partial charge on any atom is 0.325 e. The quantitative estimate of drug-likeness (QED) is 0.643. The van der Waals surface area contributed by atoms with Crippen molar-refractivity contribution in [2.45, 2.75) is 6.61 Å². The van der Waals surface area contributed by atoms with Crippen LogP contribution >= 0.6 is 22.9 Å². The number of esters is 1. The standard InChI is InChI=1S/C18H15ClN2O3S/c19-16-7-6-15(25-16)13-8-20-9-14(13)18(23)21-10-17(22)24-11-12-4-2-1-3-5-12/h1-9,20H,10-11H2,(H,21,23). The fourth-order valence-electron chi connectivity index (χ4n) is 2.25. The number of hydrogen-bond donors (Lipinski definition) is 2. The number of aromatic amines is 1. The Morgan fingerprint density at radius 3 is 2.64 bits per heavy atom. The van der Waals surface area contributed by atoms with E-state index in [9.17, 15) is 9.59 Å². The van der Waals surface area contributed by atoms with Crippen molar-refractivity contribution >= 4 is 34.8 Å². The Kier molecular flexibility index (Phi) is 5.53. The molecule has 5 nitrogen and oxygen atoms in total.